The van der Waals surface area contributed by atoms with E-state index < -0.39 is 5.82 Å². The van der Waals surface area contributed by atoms with Crippen molar-refractivity contribution >= 4 is 28.5 Å². The third kappa shape index (κ3) is 3.58. The van der Waals surface area contributed by atoms with Crippen LogP contribution in [0.25, 0.3) is 22.4 Å². The van der Waals surface area contributed by atoms with Gasteiger partial charge in [0.2, 0.25) is 5.91 Å². The van der Waals surface area contributed by atoms with E-state index in [9.17, 15) is 14.3 Å². The fourth-order valence-corrected chi connectivity index (χ4v) is 2.82. The Morgan fingerprint density at radius 3 is 2.76 bits per heavy atom. The molecule has 0 radical (unpaired) electrons. The summed E-state index contributed by atoms with van der Waals surface area (Å²) in [5.41, 5.74) is 1.80. The number of nitrogens with one attached hydrogen (secondary N) is 1. The maximum Gasteiger partial charge on any atom is 0.240 e. The predicted molar refractivity (Wildman–Crippen MR) is 95.1 cm³/mol. The molecular weight excluding hydrogens is 345 g/mol. The molecule has 130 valence electrons. The highest BCUT2D eigenvalue weighted by Crippen LogP contribution is 2.29. The molecule has 1 heterocycles. The number of benzene rings is 2. The Labute approximate surface area is 149 Å². The lowest BCUT2D eigenvalue weighted by Gasteiger charge is -2.12. The zero-order chi connectivity index (χ0) is 18.1. The van der Waals surface area contributed by atoms with Crippen molar-refractivity contribution in [2.45, 2.75) is 26.4 Å². The van der Waals surface area contributed by atoms with Crippen LogP contribution >= 0.6 is 11.6 Å². The standard InChI is InChI=1S/C18H17ClFN3O2/c1-10(2)21-17(25)9-23-16-8-12(24)4-6-15(16)22-18(23)11-3-5-14(20)13(19)7-11/h3-8,10,24H,9H2,1-2H3,(H,21,25). The van der Waals surface area contributed by atoms with Crippen LogP contribution in [0.3, 0.4) is 0 Å². The van der Waals surface area contributed by atoms with E-state index in [0.29, 0.717) is 22.4 Å². The SMILES string of the molecule is CC(C)NC(=O)Cn1c(-c2ccc(F)c(Cl)c2)nc2ccc(O)cc21. The highest BCUT2D eigenvalue weighted by Gasteiger charge is 2.17. The molecule has 3 aromatic rings. The van der Waals surface area contributed by atoms with E-state index in [1.807, 2.05) is 13.8 Å². The molecule has 0 saturated heterocycles. The number of aromatic hydroxyl groups is 1. The summed E-state index contributed by atoms with van der Waals surface area (Å²) in [6, 6.07) is 9.01. The minimum atomic E-state index is -0.525. The maximum absolute atomic E-state index is 13.5. The minimum absolute atomic E-state index is 0.000552. The quantitative estimate of drug-likeness (QED) is 0.744. The van der Waals surface area contributed by atoms with Gasteiger partial charge in [0.1, 0.15) is 23.9 Å². The maximum atomic E-state index is 13.5. The van der Waals surface area contributed by atoms with Crippen LogP contribution in [0.2, 0.25) is 5.02 Å². The van der Waals surface area contributed by atoms with Crippen molar-refractivity contribution in [1.29, 1.82) is 0 Å². The van der Waals surface area contributed by atoms with Gasteiger partial charge in [-0.3, -0.25) is 4.79 Å². The summed E-state index contributed by atoms with van der Waals surface area (Å²) in [5.74, 6) is -0.168. The molecule has 0 aliphatic heterocycles. The van der Waals surface area contributed by atoms with Gasteiger partial charge in [0.15, 0.2) is 0 Å². The molecule has 0 aliphatic carbocycles. The zero-order valence-electron chi connectivity index (χ0n) is 13.8. The van der Waals surface area contributed by atoms with E-state index in [0.717, 1.165) is 0 Å². The molecule has 7 heteroatoms. The number of nitrogens with zero attached hydrogens (tertiary/aromatic N) is 2. The number of aromatic nitrogens is 2. The van der Waals surface area contributed by atoms with Gasteiger partial charge >= 0.3 is 0 Å². The van der Waals surface area contributed by atoms with Gasteiger partial charge in [0.25, 0.3) is 0 Å². The van der Waals surface area contributed by atoms with Crippen molar-refractivity contribution in [1.82, 2.24) is 14.9 Å². The zero-order valence-corrected chi connectivity index (χ0v) is 14.5. The van der Waals surface area contributed by atoms with E-state index in [4.69, 9.17) is 11.6 Å². The van der Waals surface area contributed by atoms with Crippen molar-refractivity contribution in [2.24, 2.45) is 0 Å². The summed E-state index contributed by atoms with van der Waals surface area (Å²) < 4.78 is 15.1. The van der Waals surface area contributed by atoms with Crippen LogP contribution < -0.4 is 5.32 Å². The number of phenols is 1. The number of carbonyl (C=O) groups excluding carboxylic acids is 1. The molecule has 2 aromatic carbocycles. The monoisotopic (exact) mass is 361 g/mol. The number of imidazole rings is 1. The van der Waals surface area contributed by atoms with Crippen LogP contribution in [0, 0.1) is 5.82 Å². The summed E-state index contributed by atoms with van der Waals surface area (Å²) in [5, 5.41) is 12.6. The lowest BCUT2D eigenvalue weighted by atomic mass is 10.2. The molecule has 0 unspecified atom stereocenters. The van der Waals surface area contributed by atoms with E-state index >= 15 is 0 Å². The average Bonchev–Trinajstić information content (AvgIpc) is 2.87. The lowest BCUT2D eigenvalue weighted by Crippen LogP contribution is -2.33. The van der Waals surface area contributed by atoms with Crippen molar-refractivity contribution in [3.05, 3.63) is 47.2 Å². The van der Waals surface area contributed by atoms with E-state index in [-0.39, 0.29) is 29.3 Å². The summed E-state index contributed by atoms with van der Waals surface area (Å²) in [6.45, 7) is 3.76. The third-order valence-corrected chi connectivity index (χ3v) is 3.95. The fraction of sp³-hybridized carbons (Fsp3) is 0.222. The predicted octanol–water partition coefficient (Wildman–Crippen LogP) is 3.73. The average molecular weight is 362 g/mol. The van der Waals surface area contributed by atoms with Gasteiger partial charge in [-0.15, -0.1) is 0 Å². The van der Waals surface area contributed by atoms with E-state index in [1.165, 1.54) is 18.2 Å². The summed E-state index contributed by atoms with van der Waals surface area (Å²) in [6.07, 6.45) is 0. The largest absolute Gasteiger partial charge is 0.508 e. The van der Waals surface area contributed by atoms with Gasteiger partial charge in [0, 0.05) is 17.7 Å². The third-order valence-electron chi connectivity index (χ3n) is 3.66. The summed E-state index contributed by atoms with van der Waals surface area (Å²) in [4.78, 5) is 16.8. The first kappa shape index (κ1) is 17.2. The van der Waals surface area contributed by atoms with Gasteiger partial charge in [-0.1, -0.05) is 11.6 Å². The van der Waals surface area contributed by atoms with Crippen LogP contribution in [0.1, 0.15) is 13.8 Å². The van der Waals surface area contributed by atoms with Gasteiger partial charge < -0.3 is 15.0 Å². The Balaban J connectivity index is 2.14. The van der Waals surface area contributed by atoms with Crippen LogP contribution in [-0.4, -0.2) is 26.6 Å². The van der Waals surface area contributed by atoms with E-state index in [1.54, 1.807) is 22.8 Å². The Morgan fingerprint density at radius 1 is 1.32 bits per heavy atom. The van der Waals surface area contributed by atoms with Crippen molar-refractivity contribution < 1.29 is 14.3 Å². The molecule has 25 heavy (non-hydrogen) atoms. The lowest BCUT2D eigenvalue weighted by molar-refractivity contribution is -0.122. The minimum Gasteiger partial charge on any atom is -0.508 e. The Kier molecular flexibility index (Phi) is 4.63. The highest BCUT2D eigenvalue weighted by molar-refractivity contribution is 6.31. The number of hydrogen-bond acceptors (Lipinski definition) is 3. The van der Waals surface area contributed by atoms with Crippen LogP contribution in [0.15, 0.2) is 36.4 Å². The molecule has 5 nitrogen and oxygen atoms in total. The number of rotatable bonds is 4. The molecular formula is C18H17ClFN3O2. The first-order valence-corrected chi connectivity index (χ1v) is 8.17. The van der Waals surface area contributed by atoms with Crippen molar-refractivity contribution in [3.8, 4) is 17.1 Å². The molecule has 0 fully saturated rings. The molecule has 0 saturated carbocycles. The number of amides is 1. The summed E-state index contributed by atoms with van der Waals surface area (Å²) >= 11 is 5.88. The van der Waals surface area contributed by atoms with Gasteiger partial charge in [-0.05, 0) is 44.2 Å². The molecule has 1 aromatic heterocycles. The molecule has 0 spiro atoms. The second kappa shape index (κ2) is 6.72. The number of phenolic OH excluding ortho intramolecular Hbond substituents is 1. The normalized spacial score (nSPS) is 11.2. The molecule has 1 amide bonds. The smallest absolute Gasteiger partial charge is 0.240 e. The number of hydrogen-bond donors (Lipinski definition) is 2. The molecule has 0 aliphatic rings. The molecule has 3 rings (SSSR count). The second-order valence-corrected chi connectivity index (χ2v) is 6.45. The van der Waals surface area contributed by atoms with Gasteiger partial charge in [-0.25, -0.2) is 9.37 Å². The number of fused-ring (bicyclic) bond motifs is 1. The van der Waals surface area contributed by atoms with Crippen molar-refractivity contribution in [2.75, 3.05) is 0 Å². The molecule has 2 N–H and O–H groups in total. The molecule has 0 atom stereocenters. The number of carbonyl (C=O) groups is 1. The van der Waals surface area contributed by atoms with Crippen LogP contribution in [0.4, 0.5) is 4.39 Å². The van der Waals surface area contributed by atoms with E-state index in [2.05, 4.69) is 10.3 Å². The molecule has 0 bridgehead atoms. The van der Waals surface area contributed by atoms with Crippen LogP contribution in [-0.2, 0) is 11.3 Å². The Morgan fingerprint density at radius 2 is 2.08 bits per heavy atom. The number of halogens is 2. The van der Waals surface area contributed by atoms with Crippen LogP contribution in [0.5, 0.6) is 5.75 Å². The topological polar surface area (TPSA) is 67.2 Å². The Hall–Kier alpha value is -2.60. The Bertz CT molecular complexity index is 953. The first-order chi connectivity index (χ1) is 11.8. The van der Waals surface area contributed by atoms with Gasteiger partial charge in [0.05, 0.1) is 16.1 Å². The first-order valence-electron chi connectivity index (χ1n) is 7.79. The second-order valence-electron chi connectivity index (χ2n) is 6.05. The summed E-state index contributed by atoms with van der Waals surface area (Å²) in [7, 11) is 0. The highest BCUT2D eigenvalue weighted by atomic mass is 35.5. The van der Waals surface area contributed by atoms with Gasteiger partial charge in [-0.2, -0.15) is 0 Å². The fourth-order valence-electron chi connectivity index (χ4n) is 2.64. The van der Waals surface area contributed by atoms with Crippen molar-refractivity contribution in [3.63, 3.8) is 0 Å².